The molecule has 0 spiro atoms. The van der Waals surface area contributed by atoms with Crippen LogP contribution in [0.2, 0.25) is 5.02 Å². The number of hydrogen-bond donors (Lipinski definition) is 2. The van der Waals surface area contributed by atoms with Crippen LogP contribution in [0.1, 0.15) is 23.6 Å². The molecule has 0 fully saturated rings. The molecule has 5 nitrogen and oxygen atoms in total. The van der Waals surface area contributed by atoms with Crippen molar-refractivity contribution >= 4 is 34.2 Å². The van der Waals surface area contributed by atoms with Crippen molar-refractivity contribution in [2.75, 3.05) is 5.32 Å². The molecule has 0 aliphatic carbocycles. The van der Waals surface area contributed by atoms with Crippen LogP contribution >= 0.6 is 11.6 Å². The molecular weight excluding hydrogens is 441 g/mol. The summed E-state index contributed by atoms with van der Waals surface area (Å²) in [6.07, 6.45) is 0.878. The number of urea groups is 1. The highest BCUT2D eigenvalue weighted by Gasteiger charge is 2.17. The van der Waals surface area contributed by atoms with Crippen LogP contribution in [-0.4, -0.2) is 15.9 Å². The number of aromatic nitrogens is 1. The van der Waals surface area contributed by atoms with Gasteiger partial charge in [0.15, 0.2) is 0 Å². The fraction of sp³-hybridized carbons (Fsp3) is 0.154. The maximum Gasteiger partial charge on any atom is 0.322 e. The van der Waals surface area contributed by atoms with Crippen molar-refractivity contribution in [3.05, 3.63) is 111 Å². The molecule has 2 N–H and O–H groups in total. The molecule has 168 valence electrons. The summed E-state index contributed by atoms with van der Waals surface area (Å²) in [6, 6.07) is 20.1. The zero-order valence-electron chi connectivity index (χ0n) is 18.1. The number of carbonyl (C=O) groups is 1. The molecule has 3 aromatic carbocycles. The number of halogens is 2. The van der Waals surface area contributed by atoms with E-state index in [1.165, 1.54) is 17.0 Å². The number of pyridine rings is 1. The Hall–Kier alpha value is -3.64. The van der Waals surface area contributed by atoms with Crippen LogP contribution in [0.5, 0.6) is 0 Å². The SMILES string of the molecule is CCc1ccc2[nH]c(=O)c(CN(Cc3ccc(F)cc3)C(=O)Nc3cccc(Cl)c3)cc2c1. The number of hydrogen-bond acceptors (Lipinski definition) is 2. The van der Waals surface area contributed by atoms with Crippen molar-refractivity contribution in [3.8, 4) is 0 Å². The molecule has 33 heavy (non-hydrogen) atoms. The van der Waals surface area contributed by atoms with E-state index < -0.39 is 6.03 Å². The Morgan fingerprint density at radius 1 is 1.00 bits per heavy atom. The summed E-state index contributed by atoms with van der Waals surface area (Å²) in [6.45, 7) is 2.34. The first-order valence-corrected chi connectivity index (χ1v) is 11.0. The Labute approximate surface area is 195 Å². The van der Waals surface area contributed by atoms with Gasteiger partial charge >= 0.3 is 6.03 Å². The molecule has 2 amide bonds. The van der Waals surface area contributed by atoms with Crippen LogP contribution in [0.15, 0.2) is 77.6 Å². The molecule has 7 heteroatoms. The summed E-state index contributed by atoms with van der Waals surface area (Å²) in [5.74, 6) is -0.355. The number of fused-ring (bicyclic) bond motifs is 1. The summed E-state index contributed by atoms with van der Waals surface area (Å²) < 4.78 is 13.4. The van der Waals surface area contributed by atoms with Crippen molar-refractivity contribution in [3.63, 3.8) is 0 Å². The second-order valence-electron chi connectivity index (χ2n) is 7.82. The number of nitrogens with zero attached hydrogens (tertiary/aromatic N) is 1. The Morgan fingerprint density at radius 2 is 1.76 bits per heavy atom. The van der Waals surface area contributed by atoms with Gasteiger partial charge in [-0.25, -0.2) is 9.18 Å². The maximum absolute atomic E-state index is 13.4. The van der Waals surface area contributed by atoms with E-state index in [1.807, 2.05) is 24.3 Å². The lowest BCUT2D eigenvalue weighted by molar-refractivity contribution is 0.206. The number of carbonyl (C=O) groups excluding carboxylic acids is 1. The lowest BCUT2D eigenvalue weighted by Crippen LogP contribution is -2.35. The third kappa shape index (κ3) is 5.59. The first-order chi connectivity index (χ1) is 15.9. The minimum Gasteiger partial charge on any atom is -0.322 e. The van der Waals surface area contributed by atoms with Crippen molar-refractivity contribution < 1.29 is 9.18 Å². The predicted molar refractivity (Wildman–Crippen MR) is 130 cm³/mol. The number of rotatable bonds is 6. The molecule has 4 aromatic rings. The van der Waals surface area contributed by atoms with E-state index in [0.29, 0.717) is 16.3 Å². The third-order valence-corrected chi connectivity index (χ3v) is 5.64. The van der Waals surface area contributed by atoms with E-state index in [-0.39, 0.29) is 24.5 Å². The van der Waals surface area contributed by atoms with Gasteiger partial charge in [-0.2, -0.15) is 0 Å². The fourth-order valence-electron chi connectivity index (χ4n) is 3.62. The average Bonchev–Trinajstić information content (AvgIpc) is 2.80. The largest absolute Gasteiger partial charge is 0.322 e. The number of aryl methyl sites for hydroxylation is 1. The van der Waals surface area contributed by atoms with Crippen LogP contribution in [0.3, 0.4) is 0 Å². The van der Waals surface area contributed by atoms with E-state index in [2.05, 4.69) is 17.2 Å². The van der Waals surface area contributed by atoms with E-state index in [9.17, 15) is 14.0 Å². The molecule has 0 aliphatic heterocycles. The standard InChI is InChI=1S/C26H23ClFN3O2/c1-2-17-8-11-24-19(12-17)13-20(25(32)30-24)16-31(15-18-6-9-22(28)10-7-18)26(33)29-23-5-3-4-21(27)14-23/h3-14H,2,15-16H2,1H3,(H,29,33)(H,30,32). The first-order valence-electron chi connectivity index (χ1n) is 10.6. The van der Waals surface area contributed by atoms with Crippen LogP contribution in [0.25, 0.3) is 10.9 Å². The highest BCUT2D eigenvalue weighted by Crippen LogP contribution is 2.19. The smallest absolute Gasteiger partial charge is 0.322 e. The predicted octanol–water partition coefficient (Wildman–Crippen LogP) is 6.12. The second-order valence-corrected chi connectivity index (χ2v) is 8.26. The number of benzene rings is 3. The lowest BCUT2D eigenvalue weighted by Gasteiger charge is -2.23. The number of nitrogens with one attached hydrogen (secondary N) is 2. The molecule has 1 aromatic heterocycles. The summed E-state index contributed by atoms with van der Waals surface area (Å²) in [7, 11) is 0. The molecule has 0 radical (unpaired) electrons. The number of aromatic amines is 1. The minimum atomic E-state index is -0.400. The van der Waals surface area contributed by atoms with Crippen molar-refractivity contribution in [1.29, 1.82) is 0 Å². The van der Waals surface area contributed by atoms with Crippen LogP contribution in [0, 0.1) is 5.82 Å². The lowest BCUT2D eigenvalue weighted by atomic mass is 10.1. The molecule has 0 aliphatic rings. The van der Waals surface area contributed by atoms with Gasteiger partial charge in [0, 0.05) is 28.3 Å². The molecule has 0 saturated heterocycles. The van der Waals surface area contributed by atoms with Gasteiger partial charge in [-0.3, -0.25) is 4.79 Å². The summed E-state index contributed by atoms with van der Waals surface area (Å²) >= 11 is 6.04. The Bertz CT molecular complexity index is 1350. The van der Waals surface area contributed by atoms with Gasteiger partial charge in [-0.15, -0.1) is 0 Å². The van der Waals surface area contributed by atoms with Gasteiger partial charge < -0.3 is 15.2 Å². The van der Waals surface area contributed by atoms with Crippen molar-refractivity contribution in [1.82, 2.24) is 9.88 Å². The zero-order valence-corrected chi connectivity index (χ0v) is 18.8. The summed E-state index contributed by atoms with van der Waals surface area (Å²) in [5, 5.41) is 4.23. The highest BCUT2D eigenvalue weighted by molar-refractivity contribution is 6.30. The number of H-pyrrole nitrogens is 1. The van der Waals surface area contributed by atoms with E-state index in [4.69, 9.17) is 11.6 Å². The van der Waals surface area contributed by atoms with Gasteiger partial charge in [-0.05, 0) is 71.5 Å². The van der Waals surface area contributed by atoms with Gasteiger partial charge in [0.1, 0.15) is 5.82 Å². The van der Waals surface area contributed by atoms with E-state index >= 15 is 0 Å². The van der Waals surface area contributed by atoms with Crippen molar-refractivity contribution in [2.45, 2.75) is 26.4 Å². The van der Waals surface area contributed by atoms with Gasteiger partial charge in [0.2, 0.25) is 0 Å². The van der Waals surface area contributed by atoms with Crippen molar-refractivity contribution in [2.24, 2.45) is 0 Å². The van der Waals surface area contributed by atoms with Crippen LogP contribution in [-0.2, 0) is 19.5 Å². The Kier molecular flexibility index (Phi) is 6.75. The monoisotopic (exact) mass is 463 g/mol. The van der Waals surface area contributed by atoms with Crippen LogP contribution < -0.4 is 10.9 Å². The van der Waals surface area contributed by atoms with Gasteiger partial charge in [-0.1, -0.05) is 42.8 Å². The zero-order chi connectivity index (χ0) is 23.4. The Morgan fingerprint density at radius 3 is 2.48 bits per heavy atom. The number of anilines is 1. The van der Waals surface area contributed by atoms with Crippen LogP contribution in [0.4, 0.5) is 14.9 Å². The third-order valence-electron chi connectivity index (χ3n) is 5.40. The van der Waals surface area contributed by atoms with E-state index in [0.717, 1.165) is 28.5 Å². The second kappa shape index (κ2) is 9.88. The maximum atomic E-state index is 13.4. The summed E-state index contributed by atoms with van der Waals surface area (Å²) in [5.41, 5.74) is 3.38. The molecule has 0 bridgehead atoms. The highest BCUT2D eigenvalue weighted by atomic mass is 35.5. The molecule has 0 saturated carbocycles. The Balaban J connectivity index is 1.66. The topological polar surface area (TPSA) is 65.2 Å². The van der Waals surface area contributed by atoms with Gasteiger partial charge in [0.25, 0.3) is 5.56 Å². The molecule has 4 rings (SSSR count). The minimum absolute atomic E-state index is 0.0748. The van der Waals surface area contributed by atoms with E-state index in [1.54, 1.807) is 36.4 Å². The van der Waals surface area contributed by atoms with Gasteiger partial charge in [0.05, 0.1) is 6.54 Å². The number of amides is 2. The molecule has 0 atom stereocenters. The molecule has 0 unspecified atom stereocenters. The molecular formula is C26H23ClFN3O2. The molecule has 1 heterocycles. The quantitative estimate of drug-likeness (QED) is 0.362. The fourth-order valence-corrected chi connectivity index (χ4v) is 3.81. The first kappa shape index (κ1) is 22.6. The normalized spacial score (nSPS) is 10.9. The summed E-state index contributed by atoms with van der Waals surface area (Å²) in [4.78, 5) is 30.3. The average molecular weight is 464 g/mol.